The maximum Gasteiger partial charge on any atom is 0.373 e. The van der Waals surface area contributed by atoms with Gasteiger partial charge in [0.2, 0.25) is 5.76 Å². The summed E-state index contributed by atoms with van der Waals surface area (Å²) in [6, 6.07) is 27.5. The summed E-state index contributed by atoms with van der Waals surface area (Å²) >= 11 is 1.31. The molecular formula is C30H24N2O6S. The minimum absolute atomic E-state index is 0.0907. The summed E-state index contributed by atoms with van der Waals surface area (Å²) < 4.78 is 21.5. The lowest BCUT2D eigenvalue weighted by atomic mass is 10.1. The van der Waals surface area contributed by atoms with Crippen molar-refractivity contribution in [3.8, 4) is 11.5 Å². The van der Waals surface area contributed by atoms with Crippen molar-refractivity contribution >= 4 is 46.3 Å². The molecule has 0 atom stereocenters. The molecule has 0 bridgehead atoms. The third-order valence-corrected chi connectivity index (χ3v) is 6.67. The Morgan fingerprint density at radius 2 is 1.69 bits per heavy atom. The fourth-order valence-electron chi connectivity index (χ4n) is 3.83. The van der Waals surface area contributed by atoms with Crippen LogP contribution in [-0.2, 0) is 16.1 Å². The predicted molar refractivity (Wildman–Crippen MR) is 150 cm³/mol. The van der Waals surface area contributed by atoms with Gasteiger partial charge in [-0.1, -0.05) is 42.5 Å². The first-order valence-electron chi connectivity index (χ1n) is 12.0. The normalized spacial score (nSPS) is 15.1. The maximum atomic E-state index is 13.5. The van der Waals surface area contributed by atoms with Crippen molar-refractivity contribution in [3.05, 3.63) is 113 Å². The topological polar surface area (TPSA) is 90.6 Å². The number of aliphatic imine (C=N–C) groups is 1. The number of esters is 1. The van der Waals surface area contributed by atoms with Gasteiger partial charge in [0, 0.05) is 0 Å². The first kappa shape index (κ1) is 25.9. The molecule has 1 aromatic heterocycles. The minimum Gasteiger partial charge on any atom is -0.493 e. The number of nitrogens with zero attached hydrogens (tertiary/aromatic N) is 2. The lowest BCUT2D eigenvalue weighted by Gasteiger charge is -2.15. The van der Waals surface area contributed by atoms with Crippen LogP contribution in [0.1, 0.15) is 21.9 Å². The number of carbonyl (C=O) groups is 2. The third-order valence-electron chi connectivity index (χ3n) is 5.71. The number of anilines is 1. The molecule has 0 spiro atoms. The highest BCUT2D eigenvalue weighted by Gasteiger charge is 2.34. The lowest BCUT2D eigenvalue weighted by Crippen LogP contribution is -2.28. The van der Waals surface area contributed by atoms with Crippen LogP contribution in [0.5, 0.6) is 11.5 Å². The van der Waals surface area contributed by atoms with Gasteiger partial charge < -0.3 is 18.6 Å². The zero-order chi connectivity index (χ0) is 27.2. The Kier molecular flexibility index (Phi) is 7.79. The fraction of sp³-hybridized carbons (Fsp3) is 0.100. The smallest absolute Gasteiger partial charge is 0.373 e. The van der Waals surface area contributed by atoms with Crippen molar-refractivity contribution in [2.75, 3.05) is 19.1 Å². The van der Waals surface area contributed by atoms with Gasteiger partial charge in [-0.25, -0.2) is 9.79 Å². The number of methoxy groups -OCH3 is 2. The first-order valence-corrected chi connectivity index (χ1v) is 12.8. The molecule has 3 aromatic carbocycles. The van der Waals surface area contributed by atoms with Gasteiger partial charge in [-0.05, 0) is 71.9 Å². The molecule has 4 aromatic rings. The molecule has 1 aliphatic heterocycles. The van der Waals surface area contributed by atoms with E-state index in [1.165, 1.54) is 24.9 Å². The number of amidine groups is 1. The van der Waals surface area contributed by atoms with E-state index >= 15 is 0 Å². The zero-order valence-electron chi connectivity index (χ0n) is 21.2. The number of amides is 1. The molecular weight excluding hydrogens is 516 g/mol. The largest absolute Gasteiger partial charge is 0.493 e. The molecule has 0 saturated carbocycles. The summed E-state index contributed by atoms with van der Waals surface area (Å²) in [5.41, 5.74) is 2.26. The second kappa shape index (κ2) is 11.7. The number of ether oxygens (including phenoxy) is 3. The van der Waals surface area contributed by atoms with Crippen LogP contribution in [-0.4, -0.2) is 31.3 Å². The van der Waals surface area contributed by atoms with E-state index in [2.05, 4.69) is 4.74 Å². The summed E-state index contributed by atoms with van der Waals surface area (Å²) in [7, 11) is 2.83. The van der Waals surface area contributed by atoms with E-state index < -0.39 is 5.97 Å². The van der Waals surface area contributed by atoms with Gasteiger partial charge in [-0.15, -0.1) is 0 Å². The van der Waals surface area contributed by atoms with Crippen molar-refractivity contribution in [1.82, 2.24) is 0 Å². The second-order valence-electron chi connectivity index (χ2n) is 8.27. The molecule has 0 aliphatic carbocycles. The number of para-hydroxylation sites is 2. The van der Waals surface area contributed by atoms with Gasteiger partial charge in [-0.2, -0.15) is 0 Å². The first-order chi connectivity index (χ1) is 19.1. The lowest BCUT2D eigenvalue weighted by molar-refractivity contribution is -0.113. The van der Waals surface area contributed by atoms with Crippen LogP contribution in [0, 0.1) is 0 Å². The zero-order valence-corrected chi connectivity index (χ0v) is 22.0. The van der Waals surface area contributed by atoms with Crippen molar-refractivity contribution in [3.63, 3.8) is 0 Å². The molecule has 0 N–H and O–H groups in total. The van der Waals surface area contributed by atoms with Crippen molar-refractivity contribution in [1.29, 1.82) is 0 Å². The van der Waals surface area contributed by atoms with Gasteiger partial charge in [0.15, 0.2) is 16.7 Å². The maximum absolute atomic E-state index is 13.5. The van der Waals surface area contributed by atoms with E-state index in [1.54, 1.807) is 36.3 Å². The molecule has 8 nitrogen and oxygen atoms in total. The molecule has 2 heterocycles. The van der Waals surface area contributed by atoms with Crippen LogP contribution < -0.4 is 14.4 Å². The van der Waals surface area contributed by atoms with E-state index in [1.807, 2.05) is 66.7 Å². The van der Waals surface area contributed by atoms with Crippen LogP contribution in [0.2, 0.25) is 0 Å². The van der Waals surface area contributed by atoms with E-state index in [0.717, 1.165) is 16.9 Å². The van der Waals surface area contributed by atoms with Gasteiger partial charge in [0.25, 0.3) is 5.91 Å². The number of hydrogen-bond donors (Lipinski definition) is 0. The summed E-state index contributed by atoms with van der Waals surface area (Å²) in [6.45, 7) is 0.0907. The molecule has 1 aliphatic rings. The average molecular weight is 541 g/mol. The molecule has 5 rings (SSSR count). The minimum atomic E-state index is -0.557. The molecule has 1 saturated heterocycles. The number of thioether (sulfide) groups is 1. The molecule has 0 unspecified atom stereocenters. The molecule has 1 amide bonds. The van der Waals surface area contributed by atoms with Crippen LogP contribution in [0.4, 0.5) is 11.4 Å². The van der Waals surface area contributed by atoms with E-state index in [4.69, 9.17) is 18.9 Å². The highest BCUT2D eigenvalue weighted by atomic mass is 32.2. The van der Waals surface area contributed by atoms with Gasteiger partial charge in [0.05, 0.1) is 30.5 Å². The van der Waals surface area contributed by atoms with Crippen LogP contribution in [0.15, 0.2) is 105 Å². The van der Waals surface area contributed by atoms with Crippen LogP contribution in [0.25, 0.3) is 6.08 Å². The standard InChI is InChI=1S/C30H24N2O6S/c1-35-26-17-20(13-15-24(26)37-19-23-14-16-25(38-23)29(34)36-2)18-27-28(33)32(22-11-7-4-8-12-22)30(39-27)31-21-9-5-3-6-10-21/h3-18H,19H2,1-2H3. The number of carbonyl (C=O) groups excluding carboxylic acids is 2. The number of furan rings is 1. The molecule has 1 fully saturated rings. The molecule has 0 radical (unpaired) electrons. The third kappa shape index (κ3) is 5.89. The van der Waals surface area contributed by atoms with E-state index in [0.29, 0.717) is 27.3 Å². The monoisotopic (exact) mass is 540 g/mol. The Morgan fingerprint density at radius 3 is 2.41 bits per heavy atom. The molecule has 196 valence electrons. The highest BCUT2D eigenvalue weighted by molar-refractivity contribution is 8.19. The van der Waals surface area contributed by atoms with Crippen LogP contribution >= 0.6 is 11.8 Å². The van der Waals surface area contributed by atoms with Gasteiger partial charge >= 0.3 is 5.97 Å². The van der Waals surface area contributed by atoms with Crippen molar-refractivity contribution in [2.45, 2.75) is 6.61 Å². The van der Waals surface area contributed by atoms with E-state index in [-0.39, 0.29) is 18.3 Å². The number of benzene rings is 3. The number of rotatable bonds is 8. The predicted octanol–water partition coefficient (Wildman–Crippen LogP) is 6.46. The Labute approximate surface area is 229 Å². The quantitative estimate of drug-likeness (QED) is 0.187. The Balaban J connectivity index is 1.39. The number of hydrogen-bond acceptors (Lipinski definition) is 8. The van der Waals surface area contributed by atoms with E-state index in [9.17, 15) is 9.59 Å². The average Bonchev–Trinajstić information content (AvgIpc) is 3.57. The summed E-state index contributed by atoms with van der Waals surface area (Å²) in [5.74, 6) is 0.806. The van der Waals surface area contributed by atoms with Gasteiger partial charge in [-0.3, -0.25) is 9.69 Å². The van der Waals surface area contributed by atoms with Crippen LogP contribution in [0.3, 0.4) is 0 Å². The Morgan fingerprint density at radius 1 is 0.949 bits per heavy atom. The fourth-order valence-corrected chi connectivity index (χ4v) is 4.83. The molecule has 9 heteroatoms. The van der Waals surface area contributed by atoms with Gasteiger partial charge in [0.1, 0.15) is 12.4 Å². The van der Waals surface area contributed by atoms with Crippen molar-refractivity contribution in [2.24, 2.45) is 4.99 Å². The molecule has 39 heavy (non-hydrogen) atoms. The second-order valence-corrected chi connectivity index (χ2v) is 9.28. The highest BCUT2D eigenvalue weighted by Crippen LogP contribution is 2.38. The Hall–Kier alpha value is -4.76. The van der Waals surface area contributed by atoms with Crippen molar-refractivity contribution < 1.29 is 28.2 Å². The Bertz CT molecular complexity index is 1550. The SMILES string of the molecule is COC(=O)c1ccc(COc2ccc(C=C3SC(=Nc4ccccc4)N(c4ccccc4)C3=O)cc2OC)o1. The summed E-state index contributed by atoms with van der Waals surface area (Å²) in [6.07, 6.45) is 1.80. The summed E-state index contributed by atoms with van der Waals surface area (Å²) in [4.78, 5) is 32.0. The summed E-state index contributed by atoms with van der Waals surface area (Å²) in [5, 5.41) is 0.570.